The number of aliphatic hydroxyl groups excluding tert-OH is 1. The van der Waals surface area contributed by atoms with E-state index in [0.29, 0.717) is 12.8 Å². The molecule has 5 heteroatoms. The summed E-state index contributed by atoms with van der Waals surface area (Å²) in [6.45, 7) is 8.83. The Morgan fingerprint density at radius 1 is 0.455 bits per heavy atom. The molecule has 0 aromatic rings. The van der Waals surface area contributed by atoms with Gasteiger partial charge in [-0.15, -0.1) is 0 Å². The minimum absolute atomic E-state index is 0.0590. The molecule has 0 unspecified atom stereocenters. The van der Waals surface area contributed by atoms with Gasteiger partial charge in [0.25, 0.3) is 0 Å². The molecule has 0 aliphatic rings. The topological polar surface area (TPSA) is 72.8 Å². The maximum Gasteiger partial charge on any atom is 0.306 e. The summed E-state index contributed by atoms with van der Waals surface area (Å²) in [5.41, 5.74) is 0. The Labute approximate surface area is 274 Å². The lowest BCUT2D eigenvalue weighted by Crippen LogP contribution is -2.28. The Morgan fingerprint density at radius 3 is 1.07 bits per heavy atom. The maximum absolute atomic E-state index is 12.1. The Morgan fingerprint density at radius 2 is 0.750 bits per heavy atom. The summed E-state index contributed by atoms with van der Waals surface area (Å²) in [6.07, 6.45) is 33.1. The van der Waals surface area contributed by atoms with Crippen LogP contribution in [0, 0.1) is 11.8 Å². The molecule has 0 spiro atoms. The van der Waals surface area contributed by atoms with Gasteiger partial charge in [0.15, 0.2) is 6.10 Å². The number of hydrogen-bond donors (Lipinski definition) is 1. The van der Waals surface area contributed by atoms with Crippen molar-refractivity contribution in [1.82, 2.24) is 0 Å². The van der Waals surface area contributed by atoms with Gasteiger partial charge in [0, 0.05) is 12.8 Å². The Bertz CT molecular complexity index is 618. The summed E-state index contributed by atoms with van der Waals surface area (Å²) in [4.78, 5) is 24.2. The van der Waals surface area contributed by atoms with Crippen molar-refractivity contribution in [3.05, 3.63) is 0 Å². The molecule has 0 amide bonds. The first-order valence-electron chi connectivity index (χ1n) is 19.3. The number of carbonyl (C=O) groups excluding carboxylic acids is 2. The smallest absolute Gasteiger partial charge is 0.306 e. The van der Waals surface area contributed by atoms with Crippen molar-refractivity contribution in [2.75, 3.05) is 13.2 Å². The van der Waals surface area contributed by atoms with Crippen LogP contribution >= 0.6 is 0 Å². The Balaban J connectivity index is 3.49. The van der Waals surface area contributed by atoms with Gasteiger partial charge in [0.2, 0.25) is 0 Å². The Hall–Kier alpha value is -1.10. The van der Waals surface area contributed by atoms with Crippen LogP contribution in [0.1, 0.15) is 207 Å². The molecule has 1 N–H and O–H groups in total. The van der Waals surface area contributed by atoms with Crippen LogP contribution in [-0.4, -0.2) is 36.4 Å². The molecule has 0 bridgehead atoms. The van der Waals surface area contributed by atoms with Crippen molar-refractivity contribution in [2.45, 2.75) is 214 Å². The number of esters is 2. The molecule has 0 fully saturated rings. The minimum Gasteiger partial charge on any atom is -0.462 e. The summed E-state index contributed by atoms with van der Waals surface area (Å²) < 4.78 is 10.6. The molecular formula is C39H76O5. The fourth-order valence-electron chi connectivity index (χ4n) is 5.81. The minimum atomic E-state index is -0.762. The predicted octanol–water partition coefficient (Wildman–Crippen LogP) is 11.7. The summed E-state index contributed by atoms with van der Waals surface area (Å²) in [5, 5.41) is 9.53. The van der Waals surface area contributed by atoms with Crippen molar-refractivity contribution in [1.29, 1.82) is 0 Å². The molecular weight excluding hydrogens is 548 g/mol. The number of carbonyl (C=O) groups is 2. The van der Waals surface area contributed by atoms with Gasteiger partial charge < -0.3 is 14.6 Å². The van der Waals surface area contributed by atoms with Crippen molar-refractivity contribution < 1.29 is 24.2 Å². The summed E-state index contributed by atoms with van der Waals surface area (Å²) in [5.74, 6) is 1.09. The van der Waals surface area contributed by atoms with E-state index in [4.69, 9.17) is 9.47 Å². The second kappa shape index (κ2) is 33.3. The number of hydrogen-bond acceptors (Lipinski definition) is 5. The molecule has 262 valence electrons. The van der Waals surface area contributed by atoms with Gasteiger partial charge in [0.1, 0.15) is 6.61 Å². The van der Waals surface area contributed by atoms with E-state index in [2.05, 4.69) is 27.7 Å². The molecule has 5 nitrogen and oxygen atoms in total. The summed E-state index contributed by atoms with van der Waals surface area (Å²) in [7, 11) is 0. The van der Waals surface area contributed by atoms with Crippen molar-refractivity contribution in [2.24, 2.45) is 11.8 Å². The number of unbranched alkanes of at least 4 members (excludes halogenated alkanes) is 22. The standard InChI is InChI=1S/C39H76O5/c1-35(2)29-25-21-17-13-10-8-6-5-7-9-11-15-19-23-27-31-38(41)43-34-37(33-40)44-39(42)32-28-24-20-16-12-14-18-22-26-30-36(3)4/h35-37,40H,5-34H2,1-4H3/t37-/m0/s1. The van der Waals surface area contributed by atoms with Gasteiger partial charge in [-0.1, -0.05) is 182 Å². The molecule has 44 heavy (non-hydrogen) atoms. The quantitative estimate of drug-likeness (QED) is 0.0569. The fraction of sp³-hybridized carbons (Fsp3) is 0.949. The third kappa shape index (κ3) is 33.8. The first kappa shape index (κ1) is 42.9. The van der Waals surface area contributed by atoms with Gasteiger partial charge >= 0.3 is 11.9 Å². The van der Waals surface area contributed by atoms with Gasteiger partial charge in [-0.2, -0.15) is 0 Å². The van der Waals surface area contributed by atoms with Crippen molar-refractivity contribution >= 4 is 11.9 Å². The van der Waals surface area contributed by atoms with Gasteiger partial charge in [0.05, 0.1) is 6.61 Å². The second-order valence-electron chi connectivity index (χ2n) is 14.3. The van der Waals surface area contributed by atoms with E-state index in [1.54, 1.807) is 0 Å². The zero-order valence-electron chi connectivity index (χ0n) is 30.0. The Kier molecular flexibility index (Phi) is 32.4. The first-order chi connectivity index (χ1) is 21.3. The summed E-state index contributed by atoms with van der Waals surface area (Å²) in [6, 6.07) is 0. The highest BCUT2D eigenvalue weighted by atomic mass is 16.6. The average molecular weight is 625 g/mol. The average Bonchev–Trinajstić information content (AvgIpc) is 2.99. The molecule has 0 aromatic carbocycles. The monoisotopic (exact) mass is 625 g/mol. The van der Waals surface area contributed by atoms with Crippen molar-refractivity contribution in [3.63, 3.8) is 0 Å². The maximum atomic E-state index is 12.1. The molecule has 0 saturated carbocycles. The molecule has 0 radical (unpaired) electrons. The lowest BCUT2D eigenvalue weighted by molar-refractivity contribution is -0.161. The van der Waals surface area contributed by atoms with E-state index in [1.165, 1.54) is 135 Å². The zero-order valence-corrected chi connectivity index (χ0v) is 30.0. The largest absolute Gasteiger partial charge is 0.462 e. The van der Waals surface area contributed by atoms with Crippen LogP contribution in [0.5, 0.6) is 0 Å². The SMILES string of the molecule is CC(C)CCCCCCCCCCCCCCCCCC(=O)OC[C@H](CO)OC(=O)CCCCCCCCCCCC(C)C. The van der Waals surface area contributed by atoms with E-state index in [1.807, 2.05) is 0 Å². The van der Waals surface area contributed by atoms with Crippen LogP contribution in [0.4, 0.5) is 0 Å². The predicted molar refractivity (Wildman–Crippen MR) is 187 cm³/mol. The lowest BCUT2D eigenvalue weighted by Gasteiger charge is -2.15. The van der Waals surface area contributed by atoms with E-state index in [0.717, 1.165) is 43.9 Å². The van der Waals surface area contributed by atoms with Gasteiger partial charge in [-0.25, -0.2) is 0 Å². The molecule has 0 rings (SSSR count). The fourth-order valence-corrected chi connectivity index (χ4v) is 5.81. The van der Waals surface area contributed by atoms with Crippen LogP contribution < -0.4 is 0 Å². The third-order valence-corrected chi connectivity index (χ3v) is 8.76. The molecule has 0 aliphatic carbocycles. The number of aliphatic hydroxyl groups is 1. The highest BCUT2D eigenvalue weighted by Crippen LogP contribution is 2.16. The molecule has 0 saturated heterocycles. The van der Waals surface area contributed by atoms with E-state index in [-0.39, 0.29) is 25.2 Å². The highest BCUT2D eigenvalue weighted by molar-refractivity contribution is 5.70. The van der Waals surface area contributed by atoms with E-state index >= 15 is 0 Å². The second-order valence-corrected chi connectivity index (χ2v) is 14.3. The van der Waals surface area contributed by atoms with Gasteiger partial charge in [-0.05, 0) is 24.7 Å². The van der Waals surface area contributed by atoms with Crippen LogP contribution in [0.25, 0.3) is 0 Å². The van der Waals surface area contributed by atoms with Gasteiger partial charge in [-0.3, -0.25) is 9.59 Å². The van der Waals surface area contributed by atoms with E-state index in [9.17, 15) is 14.7 Å². The van der Waals surface area contributed by atoms with Crippen LogP contribution in [-0.2, 0) is 19.1 Å². The lowest BCUT2D eigenvalue weighted by atomic mass is 10.0. The highest BCUT2D eigenvalue weighted by Gasteiger charge is 2.16. The van der Waals surface area contributed by atoms with E-state index < -0.39 is 6.10 Å². The molecule has 1 atom stereocenters. The molecule has 0 heterocycles. The first-order valence-corrected chi connectivity index (χ1v) is 19.3. The summed E-state index contributed by atoms with van der Waals surface area (Å²) >= 11 is 0. The molecule has 0 aliphatic heterocycles. The third-order valence-electron chi connectivity index (χ3n) is 8.76. The normalized spacial score (nSPS) is 12.2. The van der Waals surface area contributed by atoms with Crippen LogP contribution in [0.2, 0.25) is 0 Å². The van der Waals surface area contributed by atoms with Crippen molar-refractivity contribution in [3.8, 4) is 0 Å². The number of rotatable bonds is 34. The zero-order chi connectivity index (χ0) is 32.5. The van der Waals surface area contributed by atoms with Crippen LogP contribution in [0.3, 0.4) is 0 Å². The van der Waals surface area contributed by atoms with Crippen LogP contribution in [0.15, 0.2) is 0 Å². The number of ether oxygens (including phenoxy) is 2. The molecule has 0 aromatic heterocycles.